The van der Waals surface area contributed by atoms with Gasteiger partial charge >= 0.3 is 0 Å². The number of nitrogens with zero attached hydrogens (tertiary/aromatic N) is 2. The Labute approximate surface area is 147 Å². The number of piperazine rings is 1. The Morgan fingerprint density at radius 1 is 1.16 bits per heavy atom. The molecule has 1 aromatic carbocycles. The number of carbonyl (C=O) groups excluding carboxylic acids is 2. The third kappa shape index (κ3) is 5.49. The van der Waals surface area contributed by atoms with E-state index >= 15 is 0 Å². The molecule has 1 aliphatic rings. The minimum atomic E-state index is -1.04. The molecule has 7 heteroatoms. The van der Waals surface area contributed by atoms with Crippen LogP contribution in [-0.4, -0.2) is 60.9 Å². The van der Waals surface area contributed by atoms with E-state index in [2.05, 4.69) is 5.32 Å². The van der Waals surface area contributed by atoms with Gasteiger partial charge in [0.25, 0.3) is 5.91 Å². The minimum absolute atomic E-state index is 0.0149. The molecular formula is C18H25F2N3O2. The van der Waals surface area contributed by atoms with Crippen molar-refractivity contribution in [3.8, 4) is 0 Å². The van der Waals surface area contributed by atoms with E-state index in [1.165, 1.54) is 6.07 Å². The average molecular weight is 353 g/mol. The van der Waals surface area contributed by atoms with Crippen molar-refractivity contribution in [1.29, 1.82) is 0 Å². The molecule has 138 valence electrons. The number of carbonyl (C=O) groups is 2. The molecule has 1 heterocycles. The second kappa shape index (κ2) is 9.46. The molecule has 0 bridgehead atoms. The summed E-state index contributed by atoms with van der Waals surface area (Å²) < 4.78 is 26.5. The van der Waals surface area contributed by atoms with Crippen molar-refractivity contribution in [3.63, 3.8) is 0 Å². The molecule has 2 amide bonds. The molecule has 0 aromatic heterocycles. The van der Waals surface area contributed by atoms with Crippen LogP contribution >= 0.6 is 0 Å². The Kier molecular flexibility index (Phi) is 7.31. The van der Waals surface area contributed by atoms with Gasteiger partial charge in [-0.25, -0.2) is 8.78 Å². The predicted molar refractivity (Wildman–Crippen MR) is 91.2 cm³/mol. The van der Waals surface area contributed by atoms with E-state index in [1.54, 1.807) is 9.80 Å². The normalized spacial score (nSPS) is 14.4. The smallest absolute Gasteiger partial charge is 0.253 e. The first-order valence-electron chi connectivity index (χ1n) is 8.75. The second-order valence-electron chi connectivity index (χ2n) is 6.16. The first-order valence-corrected chi connectivity index (χ1v) is 8.75. The summed E-state index contributed by atoms with van der Waals surface area (Å²) in [6.45, 7) is 5.67. The van der Waals surface area contributed by atoms with Crippen LogP contribution in [-0.2, 0) is 4.79 Å². The third-order valence-electron chi connectivity index (χ3n) is 4.30. The van der Waals surface area contributed by atoms with Gasteiger partial charge in [-0.3, -0.25) is 9.59 Å². The molecule has 0 radical (unpaired) electrons. The van der Waals surface area contributed by atoms with E-state index in [0.29, 0.717) is 19.6 Å². The predicted octanol–water partition coefficient (Wildman–Crippen LogP) is 2.03. The zero-order valence-corrected chi connectivity index (χ0v) is 14.6. The van der Waals surface area contributed by atoms with Crippen molar-refractivity contribution in [1.82, 2.24) is 15.1 Å². The van der Waals surface area contributed by atoms with Crippen LogP contribution in [0.5, 0.6) is 0 Å². The molecule has 1 saturated heterocycles. The molecular weight excluding hydrogens is 328 g/mol. The van der Waals surface area contributed by atoms with Crippen molar-refractivity contribution in [2.24, 2.45) is 0 Å². The van der Waals surface area contributed by atoms with Gasteiger partial charge in [0.15, 0.2) is 11.6 Å². The first-order chi connectivity index (χ1) is 12.0. The van der Waals surface area contributed by atoms with Crippen LogP contribution in [0.3, 0.4) is 0 Å². The molecule has 25 heavy (non-hydrogen) atoms. The molecule has 1 N–H and O–H groups in total. The number of unbranched alkanes of at least 4 members (excludes halogenated alkanes) is 1. The van der Waals surface area contributed by atoms with Gasteiger partial charge in [0.1, 0.15) is 0 Å². The highest BCUT2D eigenvalue weighted by Crippen LogP contribution is 2.13. The van der Waals surface area contributed by atoms with Crippen molar-refractivity contribution in [2.45, 2.75) is 26.2 Å². The van der Waals surface area contributed by atoms with Crippen LogP contribution in [0.2, 0.25) is 0 Å². The summed E-state index contributed by atoms with van der Waals surface area (Å²) in [5, 5.41) is 3.19. The van der Waals surface area contributed by atoms with E-state index < -0.39 is 11.6 Å². The lowest BCUT2D eigenvalue weighted by Gasteiger charge is -2.29. The zero-order valence-electron chi connectivity index (χ0n) is 14.6. The van der Waals surface area contributed by atoms with Gasteiger partial charge in [0.2, 0.25) is 5.91 Å². The number of halogens is 2. The molecule has 1 fully saturated rings. The maximum atomic E-state index is 13.4. The highest BCUT2D eigenvalue weighted by atomic mass is 19.2. The molecule has 0 spiro atoms. The summed E-state index contributed by atoms with van der Waals surface area (Å²) in [6.07, 6.45) is 1.92. The number of amides is 2. The Hall–Kier alpha value is -2.02. The lowest BCUT2D eigenvalue weighted by atomic mass is 10.1. The van der Waals surface area contributed by atoms with Crippen LogP contribution in [0, 0.1) is 11.6 Å². The van der Waals surface area contributed by atoms with E-state index in [4.69, 9.17) is 0 Å². The van der Waals surface area contributed by atoms with Gasteiger partial charge in [-0.05, 0) is 24.6 Å². The van der Waals surface area contributed by atoms with Crippen LogP contribution < -0.4 is 5.32 Å². The maximum absolute atomic E-state index is 13.4. The Morgan fingerprint density at radius 2 is 1.88 bits per heavy atom. The fourth-order valence-electron chi connectivity index (χ4n) is 2.78. The van der Waals surface area contributed by atoms with Gasteiger partial charge in [0.05, 0.1) is 0 Å². The molecule has 1 aliphatic heterocycles. The highest BCUT2D eigenvalue weighted by Gasteiger charge is 2.21. The van der Waals surface area contributed by atoms with Crippen LogP contribution in [0.15, 0.2) is 18.2 Å². The Balaban J connectivity index is 2.00. The number of benzene rings is 1. The zero-order chi connectivity index (χ0) is 18.2. The number of nitrogens with one attached hydrogen (secondary N) is 1. The molecule has 1 aromatic rings. The van der Waals surface area contributed by atoms with Crippen LogP contribution in [0.4, 0.5) is 8.78 Å². The summed E-state index contributed by atoms with van der Waals surface area (Å²) in [7, 11) is 0. The van der Waals surface area contributed by atoms with Crippen molar-refractivity contribution < 1.29 is 18.4 Å². The quantitative estimate of drug-likeness (QED) is 0.816. The molecule has 0 aliphatic carbocycles. The fraction of sp³-hybridized carbons (Fsp3) is 0.556. The van der Waals surface area contributed by atoms with Crippen molar-refractivity contribution >= 4 is 11.8 Å². The summed E-state index contributed by atoms with van der Waals surface area (Å²) in [5.41, 5.74) is 0.102. The highest BCUT2D eigenvalue weighted by molar-refractivity contribution is 5.94. The summed E-state index contributed by atoms with van der Waals surface area (Å²) in [5.74, 6) is -2.38. The van der Waals surface area contributed by atoms with Gasteiger partial charge in [-0.2, -0.15) is 0 Å². The lowest BCUT2D eigenvalue weighted by molar-refractivity contribution is -0.131. The Bertz CT molecular complexity index is 604. The van der Waals surface area contributed by atoms with E-state index in [9.17, 15) is 18.4 Å². The van der Waals surface area contributed by atoms with Crippen LogP contribution in [0.25, 0.3) is 0 Å². The van der Waals surface area contributed by atoms with Gasteiger partial charge in [0, 0.05) is 51.3 Å². The minimum Gasteiger partial charge on any atom is -0.340 e. The largest absolute Gasteiger partial charge is 0.340 e. The second-order valence-corrected chi connectivity index (χ2v) is 6.16. The van der Waals surface area contributed by atoms with Crippen molar-refractivity contribution in [3.05, 3.63) is 35.4 Å². The third-order valence-corrected chi connectivity index (χ3v) is 4.30. The van der Waals surface area contributed by atoms with E-state index in [1.807, 2.05) is 6.92 Å². The monoisotopic (exact) mass is 353 g/mol. The molecule has 0 unspecified atom stereocenters. The average Bonchev–Trinajstić information content (AvgIpc) is 2.64. The van der Waals surface area contributed by atoms with Gasteiger partial charge in [-0.1, -0.05) is 13.3 Å². The standard InChI is InChI=1S/C18H25F2N3O2/c1-2-3-9-23(10-6-17(24)22-11-7-21-8-12-22)18(25)14-4-5-15(19)16(20)13-14/h4-5,13,21H,2-3,6-12H2,1H3. The van der Waals surface area contributed by atoms with E-state index in [0.717, 1.165) is 38.1 Å². The summed E-state index contributed by atoms with van der Waals surface area (Å²) >= 11 is 0. The SMILES string of the molecule is CCCCN(CCC(=O)N1CCNCC1)C(=O)c1ccc(F)c(F)c1. The lowest BCUT2D eigenvalue weighted by Crippen LogP contribution is -2.47. The molecule has 0 saturated carbocycles. The number of hydrogen-bond acceptors (Lipinski definition) is 3. The van der Waals surface area contributed by atoms with E-state index in [-0.39, 0.29) is 30.3 Å². The molecule has 2 rings (SSSR count). The van der Waals surface area contributed by atoms with Crippen LogP contribution in [0.1, 0.15) is 36.5 Å². The maximum Gasteiger partial charge on any atom is 0.253 e. The summed E-state index contributed by atoms with van der Waals surface area (Å²) in [4.78, 5) is 28.2. The topological polar surface area (TPSA) is 52.7 Å². The fourth-order valence-corrected chi connectivity index (χ4v) is 2.78. The molecule has 0 atom stereocenters. The first kappa shape index (κ1) is 19.3. The van der Waals surface area contributed by atoms with Crippen molar-refractivity contribution in [2.75, 3.05) is 39.3 Å². The number of rotatable bonds is 7. The number of hydrogen-bond donors (Lipinski definition) is 1. The van der Waals surface area contributed by atoms with Gasteiger partial charge in [-0.15, -0.1) is 0 Å². The Morgan fingerprint density at radius 3 is 2.52 bits per heavy atom. The van der Waals surface area contributed by atoms with Gasteiger partial charge < -0.3 is 15.1 Å². The molecule has 5 nitrogen and oxygen atoms in total. The summed E-state index contributed by atoms with van der Waals surface area (Å²) in [6, 6.07) is 3.14.